The third-order valence-corrected chi connectivity index (χ3v) is 5.20. The Morgan fingerprint density at radius 3 is 2.00 bits per heavy atom. The van der Waals surface area contributed by atoms with Crippen LogP contribution in [0.4, 0.5) is 0 Å². The second kappa shape index (κ2) is 8.83. The van der Waals surface area contributed by atoms with Crippen molar-refractivity contribution in [3.63, 3.8) is 0 Å². The van der Waals surface area contributed by atoms with Crippen LogP contribution in [0.3, 0.4) is 0 Å². The number of esters is 1. The molecular weight excluding hydrogens is 394 g/mol. The molecular formula is C21H21NO6S. The molecule has 7 nitrogen and oxygen atoms in total. The Morgan fingerprint density at radius 1 is 0.793 bits per heavy atom. The Morgan fingerprint density at radius 2 is 1.45 bits per heavy atom. The average molecular weight is 415 g/mol. The summed E-state index contributed by atoms with van der Waals surface area (Å²) in [5.74, 6) is 1.63. The Kier molecular flexibility index (Phi) is 6.23. The Balaban J connectivity index is 2.03. The second-order valence-corrected chi connectivity index (χ2v) is 6.70. The van der Waals surface area contributed by atoms with E-state index in [0.29, 0.717) is 28.6 Å². The van der Waals surface area contributed by atoms with E-state index in [1.165, 1.54) is 25.8 Å². The lowest BCUT2D eigenvalue weighted by Crippen LogP contribution is -2.04. The third-order valence-electron chi connectivity index (χ3n) is 4.36. The predicted octanol–water partition coefficient (Wildman–Crippen LogP) is 4.30. The number of methoxy groups -OCH3 is 5. The lowest BCUT2D eigenvalue weighted by molar-refractivity contribution is 0.0597. The molecule has 0 atom stereocenters. The van der Waals surface area contributed by atoms with E-state index in [0.717, 1.165) is 21.7 Å². The zero-order valence-electron chi connectivity index (χ0n) is 16.8. The molecule has 8 heteroatoms. The molecule has 0 aliphatic heterocycles. The van der Waals surface area contributed by atoms with Crippen molar-refractivity contribution >= 4 is 17.5 Å². The van der Waals surface area contributed by atoms with Gasteiger partial charge in [0.1, 0.15) is 11.3 Å². The summed E-state index contributed by atoms with van der Waals surface area (Å²) in [6.07, 6.45) is 0. The van der Waals surface area contributed by atoms with Gasteiger partial charge in [0.25, 0.3) is 0 Å². The average Bonchev–Trinajstić information content (AvgIpc) is 3.27. The SMILES string of the molecule is COC(=O)c1cc(-c2cc(-c3cc(OC)c(OC)c(OC)c3)sn2)ccc1OC. The minimum atomic E-state index is -0.469. The molecule has 0 fully saturated rings. The van der Waals surface area contributed by atoms with E-state index < -0.39 is 5.97 Å². The first-order chi connectivity index (χ1) is 14.1. The van der Waals surface area contributed by atoms with Crippen molar-refractivity contribution in [1.82, 2.24) is 4.37 Å². The molecule has 0 bridgehead atoms. The summed E-state index contributed by atoms with van der Waals surface area (Å²) in [4.78, 5) is 13.0. The van der Waals surface area contributed by atoms with Crippen LogP contribution in [0.25, 0.3) is 21.7 Å². The molecule has 1 aromatic heterocycles. The molecule has 0 aliphatic carbocycles. The summed E-state index contributed by atoms with van der Waals surface area (Å²) in [5, 5.41) is 0. The molecule has 29 heavy (non-hydrogen) atoms. The number of nitrogens with zero attached hydrogens (tertiary/aromatic N) is 1. The van der Waals surface area contributed by atoms with Gasteiger partial charge in [-0.2, -0.15) is 4.37 Å². The van der Waals surface area contributed by atoms with Gasteiger partial charge in [0.05, 0.1) is 46.1 Å². The highest BCUT2D eigenvalue weighted by molar-refractivity contribution is 7.09. The normalized spacial score (nSPS) is 10.4. The van der Waals surface area contributed by atoms with Crippen molar-refractivity contribution in [3.05, 3.63) is 42.0 Å². The first-order valence-electron chi connectivity index (χ1n) is 8.60. The van der Waals surface area contributed by atoms with Crippen LogP contribution >= 0.6 is 11.5 Å². The second-order valence-electron chi connectivity index (χ2n) is 5.90. The lowest BCUT2D eigenvalue weighted by Gasteiger charge is -2.13. The van der Waals surface area contributed by atoms with Crippen LogP contribution in [0, 0.1) is 0 Å². The van der Waals surface area contributed by atoms with Crippen molar-refractivity contribution in [3.8, 4) is 44.7 Å². The van der Waals surface area contributed by atoms with Gasteiger partial charge in [-0.15, -0.1) is 0 Å². The minimum absolute atomic E-state index is 0.342. The number of hydrogen-bond donors (Lipinski definition) is 0. The van der Waals surface area contributed by atoms with E-state index in [9.17, 15) is 4.79 Å². The van der Waals surface area contributed by atoms with E-state index in [1.54, 1.807) is 33.5 Å². The van der Waals surface area contributed by atoms with Crippen LogP contribution in [-0.4, -0.2) is 45.9 Å². The van der Waals surface area contributed by atoms with Crippen LogP contribution in [0.2, 0.25) is 0 Å². The third kappa shape index (κ3) is 3.97. The number of carbonyl (C=O) groups excluding carboxylic acids is 1. The van der Waals surface area contributed by atoms with Crippen molar-refractivity contribution in [2.24, 2.45) is 0 Å². The van der Waals surface area contributed by atoms with E-state index in [2.05, 4.69) is 4.37 Å². The largest absolute Gasteiger partial charge is 0.496 e. The summed E-state index contributed by atoms with van der Waals surface area (Å²) >= 11 is 1.33. The quantitative estimate of drug-likeness (QED) is 0.533. The summed E-state index contributed by atoms with van der Waals surface area (Å²) in [7, 11) is 7.55. The van der Waals surface area contributed by atoms with Gasteiger partial charge < -0.3 is 23.7 Å². The lowest BCUT2D eigenvalue weighted by atomic mass is 10.1. The topological polar surface area (TPSA) is 76.1 Å². The van der Waals surface area contributed by atoms with Gasteiger partial charge in [-0.3, -0.25) is 0 Å². The van der Waals surface area contributed by atoms with Crippen LogP contribution in [0.5, 0.6) is 23.0 Å². The molecule has 0 amide bonds. The fourth-order valence-corrected chi connectivity index (χ4v) is 3.65. The predicted molar refractivity (Wildman–Crippen MR) is 111 cm³/mol. The van der Waals surface area contributed by atoms with Crippen molar-refractivity contribution in [2.45, 2.75) is 0 Å². The van der Waals surface area contributed by atoms with E-state index >= 15 is 0 Å². The van der Waals surface area contributed by atoms with Crippen LogP contribution in [0.15, 0.2) is 36.4 Å². The number of benzene rings is 2. The number of ether oxygens (including phenoxy) is 5. The Labute approximate surface area is 172 Å². The zero-order chi connectivity index (χ0) is 21.0. The van der Waals surface area contributed by atoms with E-state index in [1.807, 2.05) is 24.3 Å². The highest BCUT2D eigenvalue weighted by atomic mass is 32.1. The fraction of sp³-hybridized carbons (Fsp3) is 0.238. The van der Waals surface area contributed by atoms with Crippen molar-refractivity contribution in [1.29, 1.82) is 0 Å². The molecule has 0 aliphatic rings. The van der Waals surface area contributed by atoms with Gasteiger partial charge >= 0.3 is 5.97 Å². The Bertz CT molecular complexity index is 1000. The van der Waals surface area contributed by atoms with E-state index in [-0.39, 0.29) is 0 Å². The monoisotopic (exact) mass is 415 g/mol. The Hall–Kier alpha value is -3.26. The first-order valence-corrected chi connectivity index (χ1v) is 9.37. The fourth-order valence-electron chi connectivity index (χ4n) is 2.91. The smallest absolute Gasteiger partial charge is 0.341 e. The maximum absolute atomic E-state index is 12.0. The number of hydrogen-bond acceptors (Lipinski definition) is 8. The molecule has 0 spiro atoms. The molecule has 0 N–H and O–H groups in total. The molecule has 0 saturated heterocycles. The number of aromatic nitrogens is 1. The standard InChI is InChI=1S/C21H21NO6S/c1-24-16-7-6-12(8-14(16)21(23)28-5)15-11-19(29-22-15)13-9-17(25-2)20(27-4)18(10-13)26-3/h6-11H,1-5H3. The summed E-state index contributed by atoms with van der Waals surface area (Å²) in [6.45, 7) is 0. The number of carbonyl (C=O) groups is 1. The van der Waals surface area contributed by atoms with Gasteiger partial charge in [0.2, 0.25) is 5.75 Å². The van der Waals surface area contributed by atoms with Gasteiger partial charge in [-0.1, -0.05) is 0 Å². The first kappa shape index (κ1) is 20.5. The van der Waals surface area contributed by atoms with Gasteiger partial charge in [0, 0.05) is 11.1 Å². The summed E-state index contributed by atoms with van der Waals surface area (Å²) in [5.41, 5.74) is 2.73. The van der Waals surface area contributed by atoms with Gasteiger partial charge in [-0.25, -0.2) is 4.79 Å². The molecule has 3 rings (SSSR count). The van der Waals surface area contributed by atoms with Gasteiger partial charge in [-0.05, 0) is 47.9 Å². The molecule has 2 aromatic carbocycles. The van der Waals surface area contributed by atoms with Crippen molar-refractivity contribution in [2.75, 3.05) is 35.5 Å². The zero-order valence-corrected chi connectivity index (χ0v) is 17.6. The number of rotatable bonds is 7. The van der Waals surface area contributed by atoms with Crippen molar-refractivity contribution < 1.29 is 28.5 Å². The van der Waals surface area contributed by atoms with Crippen LogP contribution in [-0.2, 0) is 4.74 Å². The molecule has 0 saturated carbocycles. The van der Waals surface area contributed by atoms with Crippen LogP contribution < -0.4 is 18.9 Å². The molecule has 0 radical (unpaired) electrons. The summed E-state index contributed by atoms with van der Waals surface area (Å²) < 4.78 is 30.8. The molecule has 0 unspecified atom stereocenters. The summed E-state index contributed by atoms with van der Waals surface area (Å²) in [6, 6.07) is 10.9. The molecule has 152 valence electrons. The highest BCUT2D eigenvalue weighted by Crippen LogP contribution is 2.42. The highest BCUT2D eigenvalue weighted by Gasteiger charge is 2.18. The van der Waals surface area contributed by atoms with Gasteiger partial charge in [0.15, 0.2) is 11.5 Å². The maximum atomic E-state index is 12.0. The molecule has 1 heterocycles. The van der Waals surface area contributed by atoms with Crippen LogP contribution in [0.1, 0.15) is 10.4 Å². The minimum Gasteiger partial charge on any atom is -0.496 e. The maximum Gasteiger partial charge on any atom is 0.341 e. The molecule has 3 aromatic rings. The van der Waals surface area contributed by atoms with E-state index in [4.69, 9.17) is 23.7 Å².